The minimum atomic E-state index is 0.369. The van der Waals surface area contributed by atoms with Gasteiger partial charge in [-0.25, -0.2) is 9.97 Å². The molecule has 1 fully saturated rings. The third-order valence-electron chi connectivity index (χ3n) is 4.42. The SMILES string of the molecule is CCCNc1nc(C2CCOC2)nc2sc3c(c12)CCC3. The lowest BCUT2D eigenvalue weighted by Gasteiger charge is -2.12. The van der Waals surface area contributed by atoms with Crippen LogP contribution in [0, 0.1) is 0 Å². The molecular formula is C16H21N3OS. The van der Waals surface area contributed by atoms with E-state index in [0.717, 1.165) is 44.2 Å². The van der Waals surface area contributed by atoms with E-state index in [-0.39, 0.29) is 0 Å². The zero-order valence-electron chi connectivity index (χ0n) is 12.4. The lowest BCUT2D eigenvalue weighted by molar-refractivity contribution is 0.193. The van der Waals surface area contributed by atoms with E-state index < -0.39 is 0 Å². The number of aryl methyl sites for hydroxylation is 2. The molecule has 3 heterocycles. The van der Waals surface area contributed by atoms with E-state index >= 15 is 0 Å². The van der Waals surface area contributed by atoms with Crippen LogP contribution in [0.25, 0.3) is 10.2 Å². The van der Waals surface area contributed by atoms with Gasteiger partial charge >= 0.3 is 0 Å². The summed E-state index contributed by atoms with van der Waals surface area (Å²) < 4.78 is 5.51. The molecule has 4 nitrogen and oxygen atoms in total. The third kappa shape index (κ3) is 2.32. The fourth-order valence-corrected chi connectivity index (χ4v) is 4.57. The highest BCUT2D eigenvalue weighted by Gasteiger charge is 2.26. The number of anilines is 1. The molecule has 1 aliphatic heterocycles. The summed E-state index contributed by atoms with van der Waals surface area (Å²) >= 11 is 1.88. The number of ether oxygens (including phenoxy) is 1. The van der Waals surface area contributed by atoms with Gasteiger partial charge in [0, 0.05) is 23.9 Å². The van der Waals surface area contributed by atoms with Gasteiger partial charge in [0.1, 0.15) is 16.5 Å². The molecule has 0 bridgehead atoms. The lowest BCUT2D eigenvalue weighted by atomic mass is 10.1. The van der Waals surface area contributed by atoms with E-state index in [1.807, 2.05) is 11.3 Å². The molecule has 0 aromatic carbocycles. The van der Waals surface area contributed by atoms with Gasteiger partial charge in [-0.2, -0.15) is 0 Å². The highest BCUT2D eigenvalue weighted by Crippen LogP contribution is 2.40. The van der Waals surface area contributed by atoms with Crippen LogP contribution in [0.5, 0.6) is 0 Å². The highest BCUT2D eigenvalue weighted by atomic mass is 32.1. The lowest BCUT2D eigenvalue weighted by Crippen LogP contribution is -2.09. The summed E-state index contributed by atoms with van der Waals surface area (Å²) in [7, 11) is 0. The molecule has 1 saturated heterocycles. The van der Waals surface area contributed by atoms with Gasteiger partial charge in [-0.3, -0.25) is 0 Å². The van der Waals surface area contributed by atoms with Crippen LogP contribution in [0.2, 0.25) is 0 Å². The van der Waals surface area contributed by atoms with Crippen LogP contribution in [0.4, 0.5) is 5.82 Å². The number of thiophene rings is 1. The number of aromatic nitrogens is 2. The third-order valence-corrected chi connectivity index (χ3v) is 5.60. The molecule has 4 rings (SSSR count). The van der Waals surface area contributed by atoms with Crippen LogP contribution in [0.15, 0.2) is 0 Å². The topological polar surface area (TPSA) is 47.0 Å². The number of nitrogens with zero attached hydrogens (tertiary/aromatic N) is 2. The van der Waals surface area contributed by atoms with Gasteiger partial charge in [0.15, 0.2) is 0 Å². The Bertz CT molecular complexity index is 661. The van der Waals surface area contributed by atoms with Crippen molar-refractivity contribution < 1.29 is 4.74 Å². The number of hydrogen-bond donors (Lipinski definition) is 1. The quantitative estimate of drug-likeness (QED) is 0.939. The van der Waals surface area contributed by atoms with Gasteiger partial charge in [-0.05, 0) is 37.7 Å². The van der Waals surface area contributed by atoms with Crippen molar-refractivity contribution in [2.75, 3.05) is 25.1 Å². The van der Waals surface area contributed by atoms with Crippen LogP contribution in [0.3, 0.4) is 0 Å². The second-order valence-corrected chi connectivity index (χ2v) is 7.04. The van der Waals surface area contributed by atoms with E-state index in [4.69, 9.17) is 14.7 Å². The van der Waals surface area contributed by atoms with Crippen molar-refractivity contribution in [1.29, 1.82) is 0 Å². The second-order valence-electron chi connectivity index (χ2n) is 5.96. The average Bonchev–Trinajstić information content (AvgIpc) is 3.19. The van der Waals surface area contributed by atoms with Crippen molar-refractivity contribution in [2.45, 2.75) is 44.9 Å². The van der Waals surface area contributed by atoms with Gasteiger partial charge in [-0.15, -0.1) is 11.3 Å². The maximum absolute atomic E-state index is 5.51. The normalized spacial score (nSPS) is 21.1. The molecule has 1 N–H and O–H groups in total. The molecule has 1 aliphatic carbocycles. The van der Waals surface area contributed by atoms with E-state index in [2.05, 4.69) is 12.2 Å². The Balaban J connectivity index is 1.82. The summed E-state index contributed by atoms with van der Waals surface area (Å²) in [5.41, 5.74) is 1.50. The predicted molar refractivity (Wildman–Crippen MR) is 86.4 cm³/mol. The zero-order chi connectivity index (χ0) is 14.2. The monoisotopic (exact) mass is 303 g/mol. The van der Waals surface area contributed by atoms with Crippen LogP contribution in [-0.4, -0.2) is 29.7 Å². The summed E-state index contributed by atoms with van der Waals surface area (Å²) in [6, 6.07) is 0. The molecule has 112 valence electrons. The molecule has 21 heavy (non-hydrogen) atoms. The Labute approximate surface area is 128 Å². The van der Waals surface area contributed by atoms with Crippen LogP contribution < -0.4 is 5.32 Å². The van der Waals surface area contributed by atoms with E-state index in [9.17, 15) is 0 Å². The molecule has 0 spiro atoms. The molecule has 0 amide bonds. The van der Waals surface area contributed by atoms with Gasteiger partial charge < -0.3 is 10.1 Å². The van der Waals surface area contributed by atoms with Crippen molar-refractivity contribution >= 4 is 27.4 Å². The van der Waals surface area contributed by atoms with Gasteiger partial charge in [0.2, 0.25) is 0 Å². The molecule has 5 heteroatoms. The fourth-order valence-electron chi connectivity index (χ4n) is 3.30. The Morgan fingerprint density at radius 3 is 3.10 bits per heavy atom. The summed E-state index contributed by atoms with van der Waals surface area (Å²) in [4.78, 5) is 12.5. The van der Waals surface area contributed by atoms with Crippen LogP contribution in [0.1, 0.15) is 48.4 Å². The Morgan fingerprint density at radius 1 is 1.33 bits per heavy atom. The Morgan fingerprint density at radius 2 is 2.29 bits per heavy atom. The molecule has 2 aromatic rings. The highest BCUT2D eigenvalue weighted by molar-refractivity contribution is 7.19. The maximum Gasteiger partial charge on any atom is 0.138 e. The number of hydrogen-bond acceptors (Lipinski definition) is 5. The van der Waals surface area contributed by atoms with E-state index in [1.165, 1.54) is 39.9 Å². The van der Waals surface area contributed by atoms with Gasteiger partial charge in [0.05, 0.1) is 12.0 Å². The van der Waals surface area contributed by atoms with Crippen molar-refractivity contribution in [3.63, 3.8) is 0 Å². The summed E-state index contributed by atoms with van der Waals surface area (Å²) in [6.07, 6.45) is 5.84. The molecule has 0 saturated carbocycles. The largest absolute Gasteiger partial charge is 0.381 e. The smallest absolute Gasteiger partial charge is 0.138 e. The van der Waals surface area contributed by atoms with E-state index in [0.29, 0.717) is 5.92 Å². The predicted octanol–water partition coefficient (Wildman–Crippen LogP) is 3.51. The van der Waals surface area contributed by atoms with Crippen molar-refractivity contribution in [1.82, 2.24) is 9.97 Å². The summed E-state index contributed by atoms with van der Waals surface area (Å²) in [6.45, 7) is 4.76. The minimum Gasteiger partial charge on any atom is -0.381 e. The first-order valence-corrected chi connectivity index (χ1v) is 8.82. The van der Waals surface area contributed by atoms with Crippen molar-refractivity contribution in [2.24, 2.45) is 0 Å². The first kappa shape index (κ1) is 13.5. The number of fused-ring (bicyclic) bond motifs is 3. The minimum absolute atomic E-state index is 0.369. The molecule has 0 radical (unpaired) electrons. The van der Waals surface area contributed by atoms with Gasteiger partial charge in [-0.1, -0.05) is 6.92 Å². The first-order chi connectivity index (χ1) is 10.4. The average molecular weight is 303 g/mol. The standard InChI is InChI=1S/C16H21N3OS/c1-2-7-17-15-13-11-4-3-5-12(11)21-16(13)19-14(18-15)10-6-8-20-9-10/h10H,2-9H2,1H3,(H,17,18,19). The van der Waals surface area contributed by atoms with Crippen LogP contribution in [-0.2, 0) is 17.6 Å². The molecule has 2 aromatic heterocycles. The van der Waals surface area contributed by atoms with Crippen molar-refractivity contribution in [3.05, 3.63) is 16.3 Å². The first-order valence-electron chi connectivity index (χ1n) is 8.00. The summed E-state index contributed by atoms with van der Waals surface area (Å²) in [5, 5.41) is 4.83. The second kappa shape index (κ2) is 5.54. The number of rotatable bonds is 4. The molecular weight excluding hydrogens is 282 g/mol. The Hall–Kier alpha value is -1.20. The molecule has 1 unspecified atom stereocenters. The van der Waals surface area contributed by atoms with Crippen molar-refractivity contribution in [3.8, 4) is 0 Å². The maximum atomic E-state index is 5.51. The fraction of sp³-hybridized carbons (Fsp3) is 0.625. The number of nitrogens with one attached hydrogen (secondary N) is 1. The van der Waals surface area contributed by atoms with E-state index in [1.54, 1.807) is 0 Å². The molecule has 2 aliphatic rings. The zero-order valence-corrected chi connectivity index (χ0v) is 13.3. The van der Waals surface area contributed by atoms with Crippen LogP contribution >= 0.6 is 11.3 Å². The Kier molecular flexibility index (Phi) is 3.55. The van der Waals surface area contributed by atoms with Gasteiger partial charge in [0.25, 0.3) is 0 Å². The summed E-state index contributed by atoms with van der Waals surface area (Å²) in [5.74, 6) is 2.40. The molecule has 1 atom stereocenters.